The molecular weight excluding hydrogens is 464 g/mol. The summed E-state index contributed by atoms with van der Waals surface area (Å²) in [6, 6.07) is 15.1. The maximum absolute atomic E-state index is 13.1. The van der Waals surface area contributed by atoms with E-state index in [0.717, 1.165) is 36.2 Å². The number of aryl methyl sites for hydroxylation is 1. The minimum Gasteiger partial charge on any atom is -0.440 e. The number of carbonyl (C=O) groups is 2. The molecule has 1 saturated heterocycles. The number of aromatic amines is 1. The zero-order valence-electron chi connectivity index (χ0n) is 19.5. The molecule has 1 aliphatic rings. The number of fused-ring (bicyclic) bond motifs is 1. The maximum Gasteiger partial charge on any atom is 0.289 e. The number of hydrogen-bond donors (Lipinski definition) is 2. The van der Waals surface area contributed by atoms with E-state index in [-0.39, 0.29) is 28.7 Å². The van der Waals surface area contributed by atoms with E-state index in [1.807, 2.05) is 43.5 Å². The van der Waals surface area contributed by atoms with Crippen LogP contribution in [0.3, 0.4) is 0 Å². The van der Waals surface area contributed by atoms with Crippen molar-refractivity contribution in [2.45, 2.75) is 32.1 Å². The van der Waals surface area contributed by atoms with Crippen molar-refractivity contribution >= 4 is 34.3 Å². The monoisotopic (exact) mass is 490 g/mol. The molecule has 0 saturated carbocycles. The number of hydrogen-bond acceptors (Lipinski definition) is 4. The highest BCUT2D eigenvalue weighted by Crippen LogP contribution is 2.30. The summed E-state index contributed by atoms with van der Waals surface area (Å²) in [6.07, 6.45) is 4.20. The molecule has 0 atom stereocenters. The Bertz CT molecular complexity index is 1370. The van der Waals surface area contributed by atoms with Crippen LogP contribution in [-0.4, -0.2) is 46.3 Å². The van der Waals surface area contributed by atoms with Crippen LogP contribution >= 0.6 is 11.6 Å². The van der Waals surface area contributed by atoms with Crippen LogP contribution in [0.25, 0.3) is 10.9 Å². The minimum absolute atomic E-state index is 0.105. The van der Waals surface area contributed by atoms with Crippen molar-refractivity contribution in [3.63, 3.8) is 0 Å². The average molecular weight is 491 g/mol. The second kappa shape index (κ2) is 9.96. The molecule has 0 radical (unpaired) electrons. The van der Waals surface area contributed by atoms with Crippen molar-refractivity contribution in [2.24, 2.45) is 0 Å². The fraction of sp³-hybridized carbons (Fsp3) is 0.296. The third-order valence-electron chi connectivity index (χ3n) is 6.62. The number of para-hydroxylation sites is 1. The molecule has 35 heavy (non-hydrogen) atoms. The molecule has 1 aromatic carbocycles. The smallest absolute Gasteiger partial charge is 0.289 e. The highest BCUT2D eigenvalue weighted by Gasteiger charge is 2.29. The zero-order chi connectivity index (χ0) is 24.4. The van der Waals surface area contributed by atoms with Crippen LogP contribution in [0.5, 0.6) is 0 Å². The summed E-state index contributed by atoms with van der Waals surface area (Å²) >= 11 is 5.81. The molecule has 2 amide bonds. The lowest BCUT2D eigenvalue weighted by Gasteiger charge is -2.32. The van der Waals surface area contributed by atoms with Crippen molar-refractivity contribution in [2.75, 3.05) is 19.6 Å². The molecule has 4 heterocycles. The number of H-pyrrole nitrogens is 1. The fourth-order valence-electron chi connectivity index (χ4n) is 4.77. The number of nitrogens with zero attached hydrogens (tertiary/aromatic N) is 2. The maximum atomic E-state index is 13.1. The number of piperidine rings is 1. The lowest BCUT2D eigenvalue weighted by molar-refractivity contribution is 0.0678. The van der Waals surface area contributed by atoms with Crippen LogP contribution in [0.15, 0.2) is 59.1 Å². The van der Waals surface area contributed by atoms with Crippen LogP contribution in [0.4, 0.5) is 0 Å². The van der Waals surface area contributed by atoms with Crippen LogP contribution in [0.2, 0.25) is 5.22 Å². The summed E-state index contributed by atoms with van der Waals surface area (Å²) in [6.45, 7) is 3.60. The molecule has 7 nitrogen and oxygen atoms in total. The number of furan rings is 1. The molecule has 4 aromatic rings. The van der Waals surface area contributed by atoms with Crippen molar-refractivity contribution in [3.8, 4) is 0 Å². The number of pyridine rings is 1. The van der Waals surface area contributed by atoms with E-state index in [1.165, 1.54) is 10.9 Å². The van der Waals surface area contributed by atoms with Crippen LogP contribution in [0, 0.1) is 6.92 Å². The Morgan fingerprint density at radius 2 is 1.94 bits per heavy atom. The molecule has 2 N–H and O–H groups in total. The first kappa shape index (κ1) is 23.2. The molecule has 1 aliphatic heterocycles. The van der Waals surface area contributed by atoms with Gasteiger partial charge in [-0.15, -0.1) is 0 Å². The third kappa shape index (κ3) is 4.95. The summed E-state index contributed by atoms with van der Waals surface area (Å²) in [5.74, 6) is 0.0739. The van der Waals surface area contributed by atoms with Gasteiger partial charge in [-0.1, -0.05) is 18.2 Å². The molecule has 0 aliphatic carbocycles. The van der Waals surface area contributed by atoms with E-state index in [1.54, 1.807) is 17.0 Å². The number of benzene rings is 1. The molecule has 5 rings (SSSR count). The zero-order valence-corrected chi connectivity index (χ0v) is 20.3. The summed E-state index contributed by atoms with van der Waals surface area (Å²) in [5, 5.41) is 4.45. The van der Waals surface area contributed by atoms with Crippen molar-refractivity contribution in [1.82, 2.24) is 20.2 Å². The largest absolute Gasteiger partial charge is 0.440 e. The first-order chi connectivity index (χ1) is 17.0. The first-order valence-corrected chi connectivity index (χ1v) is 12.2. The lowest BCUT2D eigenvalue weighted by Crippen LogP contribution is -2.38. The number of likely N-dealkylation sites (tertiary alicyclic amines) is 1. The Labute approximate surface area is 208 Å². The molecule has 1 fully saturated rings. The van der Waals surface area contributed by atoms with Gasteiger partial charge < -0.3 is 19.6 Å². The van der Waals surface area contributed by atoms with E-state index in [4.69, 9.17) is 21.0 Å². The van der Waals surface area contributed by atoms with Crippen molar-refractivity contribution in [1.29, 1.82) is 0 Å². The quantitative estimate of drug-likeness (QED) is 0.393. The van der Waals surface area contributed by atoms with Gasteiger partial charge in [-0.25, -0.2) is 0 Å². The molecule has 180 valence electrons. The molecule has 0 unspecified atom stereocenters. The summed E-state index contributed by atoms with van der Waals surface area (Å²) in [5.41, 5.74) is 4.57. The van der Waals surface area contributed by atoms with Crippen molar-refractivity contribution in [3.05, 3.63) is 88.2 Å². The SMILES string of the molecule is Cc1ccc(C(=O)NCCc2c[nH]c3ccccc23)c(C2CCN(C(=O)c3ccc(Cl)o3)CC2)n1. The van der Waals surface area contributed by atoms with Gasteiger partial charge in [0.25, 0.3) is 11.8 Å². The minimum atomic E-state index is -0.164. The Morgan fingerprint density at radius 3 is 2.71 bits per heavy atom. The number of carbonyl (C=O) groups excluding carboxylic acids is 2. The second-order valence-corrected chi connectivity index (χ2v) is 9.29. The van der Waals surface area contributed by atoms with Gasteiger partial charge in [0.15, 0.2) is 11.0 Å². The normalized spacial score (nSPS) is 14.4. The van der Waals surface area contributed by atoms with Gasteiger partial charge in [-0.05, 0) is 73.7 Å². The number of amides is 2. The summed E-state index contributed by atoms with van der Waals surface area (Å²) in [4.78, 5) is 35.6. The molecule has 3 aromatic heterocycles. The predicted octanol–water partition coefficient (Wildman–Crippen LogP) is 5.11. The number of rotatable bonds is 6. The molecular formula is C27H27ClN4O3. The number of halogens is 1. The van der Waals surface area contributed by atoms with Gasteiger partial charge in [-0.3, -0.25) is 14.6 Å². The average Bonchev–Trinajstić information content (AvgIpc) is 3.50. The van der Waals surface area contributed by atoms with Gasteiger partial charge >= 0.3 is 0 Å². The van der Waals surface area contributed by atoms with E-state index in [2.05, 4.69) is 16.4 Å². The summed E-state index contributed by atoms with van der Waals surface area (Å²) < 4.78 is 5.27. The van der Waals surface area contributed by atoms with E-state index in [0.29, 0.717) is 25.2 Å². The highest BCUT2D eigenvalue weighted by atomic mass is 35.5. The van der Waals surface area contributed by atoms with Gasteiger partial charge in [0.05, 0.1) is 11.3 Å². The Hall–Kier alpha value is -3.58. The fourth-order valence-corrected chi connectivity index (χ4v) is 4.91. The first-order valence-electron chi connectivity index (χ1n) is 11.8. The van der Waals surface area contributed by atoms with Crippen LogP contribution in [-0.2, 0) is 6.42 Å². The highest BCUT2D eigenvalue weighted by molar-refractivity contribution is 6.29. The standard InChI is InChI=1S/C27H27ClN4O3/c1-17-6-7-21(26(33)29-13-10-19-16-30-22-5-3-2-4-20(19)22)25(31-17)18-11-14-32(15-12-18)27(34)23-8-9-24(28)35-23/h2-9,16,18,30H,10-15H2,1H3,(H,29,33). The molecule has 0 spiro atoms. The lowest BCUT2D eigenvalue weighted by atomic mass is 9.89. The number of aromatic nitrogens is 2. The third-order valence-corrected chi connectivity index (χ3v) is 6.82. The van der Waals surface area contributed by atoms with Crippen LogP contribution < -0.4 is 5.32 Å². The van der Waals surface area contributed by atoms with E-state index in [9.17, 15) is 9.59 Å². The summed E-state index contributed by atoms with van der Waals surface area (Å²) in [7, 11) is 0. The van der Waals surface area contributed by atoms with Crippen LogP contribution in [0.1, 0.15) is 56.6 Å². The van der Waals surface area contributed by atoms with E-state index < -0.39 is 0 Å². The van der Waals surface area contributed by atoms with Gasteiger partial charge in [0.1, 0.15) is 0 Å². The Kier molecular flexibility index (Phi) is 6.59. The predicted molar refractivity (Wildman–Crippen MR) is 135 cm³/mol. The molecule has 0 bridgehead atoms. The van der Waals surface area contributed by atoms with E-state index >= 15 is 0 Å². The van der Waals surface area contributed by atoms with Gasteiger partial charge in [0, 0.05) is 48.3 Å². The molecule has 8 heteroatoms. The second-order valence-electron chi connectivity index (χ2n) is 8.92. The topological polar surface area (TPSA) is 91.2 Å². The van der Waals surface area contributed by atoms with Gasteiger partial charge in [0.2, 0.25) is 0 Å². The van der Waals surface area contributed by atoms with Gasteiger partial charge in [-0.2, -0.15) is 0 Å². The van der Waals surface area contributed by atoms with Crippen molar-refractivity contribution < 1.29 is 14.0 Å². The Morgan fingerprint density at radius 1 is 1.14 bits per heavy atom. The number of nitrogens with one attached hydrogen (secondary N) is 2. The Balaban J connectivity index is 1.23.